The van der Waals surface area contributed by atoms with Crippen molar-refractivity contribution in [1.29, 1.82) is 0 Å². The van der Waals surface area contributed by atoms with Crippen molar-refractivity contribution in [2.24, 2.45) is 5.92 Å². The highest BCUT2D eigenvalue weighted by Gasteiger charge is 2.38. The Bertz CT molecular complexity index is 649. The molecule has 3 rings (SSSR count). The third-order valence-electron chi connectivity index (χ3n) is 6.57. The van der Waals surface area contributed by atoms with E-state index < -0.39 is 0 Å². The fraction of sp³-hybridized carbons (Fsp3) is 0.667. The number of amides is 2. The first-order valence-electron chi connectivity index (χ1n) is 11.4. The van der Waals surface area contributed by atoms with E-state index in [4.69, 9.17) is 0 Å². The molecule has 0 bridgehead atoms. The number of hydrogen-bond donors (Lipinski definition) is 0. The minimum absolute atomic E-state index is 0.00405. The van der Waals surface area contributed by atoms with E-state index in [0.717, 1.165) is 58.4 Å². The second-order valence-corrected chi connectivity index (χ2v) is 8.65. The average Bonchev–Trinajstić information content (AvgIpc) is 3.28. The zero-order valence-electron chi connectivity index (χ0n) is 18.2. The van der Waals surface area contributed by atoms with Crippen molar-refractivity contribution in [1.82, 2.24) is 14.7 Å². The Balaban J connectivity index is 1.54. The molecule has 0 spiro atoms. The molecule has 1 aliphatic carbocycles. The molecule has 1 aromatic rings. The lowest BCUT2D eigenvalue weighted by atomic mass is 9.94. The van der Waals surface area contributed by atoms with Gasteiger partial charge in [-0.05, 0) is 37.2 Å². The summed E-state index contributed by atoms with van der Waals surface area (Å²) >= 11 is 0. The molecule has 1 atom stereocenters. The van der Waals surface area contributed by atoms with E-state index in [1.807, 2.05) is 35.0 Å². The van der Waals surface area contributed by atoms with Crippen molar-refractivity contribution >= 4 is 11.8 Å². The molecule has 5 nitrogen and oxygen atoms in total. The average molecular weight is 400 g/mol. The first kappa shape index (κ1) is 21.8. The van der Waals surface area contributed by atoms with Crippen LogP contribution in [0.15, 0.2) is 30.3 Å². The van der Waals surface area contributed by atoms with Gasteiger partial charge in [-0.1, -0.05) is 50.1 Å². The number of carbonyl (C=O) groups excluding carboxylic acids is 2. The highest BCUT2D eigenvalue weighted by molar-refractivity contribution is 5.82. The minimum atomic E-state index is -0.00405. The molecule has 1 heterocycles. The summed E-state index contributed by atoms with van der Waals surface area (Å²) < 4.78 is 0. The summed E-state index contributed by atoms with van der Waals surface area (Å²) in [5.74, 6) is 0.991. The molecule has 5 heteroatoms. The maximum Gasteiger partial charge on any atom is 0.239 e. The second-order valence-electron chi connectivity index (χ2n) is 8.65. The van der Waals surface area contributed by atoms with Crippen molar-refractivity contribution in [3.63, 3.8) is 0 Å². The van der Waals surface area contributed by atoms with Gasteiger partial charge in [0.05, 0.1) is 6.04 Å². The number of benzene rings is 1. The van der Waals surface area contributed by atoms with Gasteiger partial charge < -0.3 is 9.80 Å². The first-order valence-corrected chi connectivity index (χ1v) is 11.4. The molecule has 1 aliphatic heterocycles. The summed E-state index contributed by atoms with van der Waals surface area (Å²) in [5.41, 5.74) is 1.21. The number of nitrogens with zero attached hydrogens (tertiary/aromatic N) is 3. The van der Waals surface area contributed by atoms with Gasteiger partial charge in [0.15, 0.2) is 0 Å². The fourth-order valence-electron chi connectivity index (χ4n) is 4.90. The normalized spacial score (nSPS) is 19.3. The summed E-state index contributed by atoms with van der Waals surface area (Å²) in [4.78, 5) is 32.1. The SMILES string of the molecule is CCCN(C)C(=O)C(C1CCCC1)N1CCN(C(=O)CCc2ccccc2)CC1. The number of rotatable bonds is 8. The molecule has 160 valence electrons. The number of aryl methyl sites for hydroxylation is 1. The molecule has 2 amide bonds. The molecular formula is C24H37N3O2. The molecule has 1 saturated heterocycles. The van der Waals surface area contributed by atoms with Crippen molar-refractivity contribution < 1.29 is 9.59 Å². The summed E-state index contributed by atoms with van der Waals surface area (Å²) in [6, 6.07) is 10.2. The van der Waals surface area contributed by atoms with Crippen molar-refractivity contribution in [2.45, 2.75) is 57.9 Å². The van der Waals surface area contributed by atoms with E-state index in [1.54, 1.807) is 0 Å². The minimum Gasteiger partial charge on any atom is -0.344 e. The van der Waals surface area contributed by atoms with Crippen LogP contribution < -0.4 is 0 Å². The van der Waals surface area contributed by atoms with Crippen molar-refractivity contribution in [3.8, 4) is 0 Å². The third-order valence-corrected chi connectivity index (χ3v) is 6.57. The van der Waals surface area contributed by atoms with Gasteiger partial charge in [0.1, 0.15) is 0 Å². The summed E-state index contributed by atoms with van der Waals surface area (Å²) in [5, 5.41) is 0. The smallest absolute Gasteiger partial charge is 0.239 e. The van der Waals surface area contributed by atoms with Gasteiger partial charge in [-0.2, -0.15) is 0 Å². The van der Waals surface area contributed by atoms with Crippen LogP contribution >= 0.6 is 0 Å². The standard InChI is InChI=1S/C24H37N3O2/c1-3-15-25(2)24(29)23(21-11-7-8-12-21)27-18-16-26(17-19-27)22(28)14-13-20-9-5-4-6-10-20/h4-6,9-10,21,23H,3,7-8,11-19H2,1-2H3. The van der Waals surface area contributed by atoms with Gasteiger partial charge in [0, 0.05) is 46.2 Å². The van der Waals surface area contributed by atoms with E-state index in [1.165, 1.54) is 18.4 Å². The second kappa shape index (κ2) is 10.8. The summed E-state index contributed by atoms with van der Waals surface area (Å²) in [7, 11) is 1.94. The summed E-state index contributed by atoms with van der Waals surface area (Å²) in [6.45, 7) is 6.03. The molecule has 1 unspecified atom stereocenters. The lowest BCUT2D eigenvalue weighted by Crippen LogP contribution is -2.58. The largest absolute Gasteiger partial charge is 0.344 e. The van der Waals surface area contributed by atoms with E-state index in [2.05, 4.69) is 24.0 Å². The predicted octanol–water partition coefficient (Wildman–Crippen LogP) is 3.19. The highest BCUT2D eigenvalue weighted by Crippen LogP contribution is 2.32. The molecule has 0 N–H and O–H groups in total. The number of likely N-dealkylation sites (N-methyl/N-ethyl adjacent to an activating group) is 1. The van der Waals surface area contributed by atoms with Crippen LogP contribution in [0.5, 0.6) is 0 Å². The van der Waals surface area contributed by atoms with E-state index in [0.29, 0.717) is 12.3 Å². The van der Waals surface area contributed by atoms with Crippen LogP contribution in [0.1, 0.15) is 51.0 Å². The summed E-state index contributed by atoms with van der Waals surface area (Å²) in [6.07, 6.45) is 7.15. The Labute approximate surface area is 176 Å². The Morgan fingerprint density at radius 3 is 2.34 bits per heavy atom. The highest BCUT2D eigenvalue weighted by atomic mass is 16.2. The van der Waals surface area contributed by atoms with E-state index in [-0.39, 0.29) is 17.9 Å². The quantitative estimate of drug-likeness (QED) is 0.674. The molecule has 1 saturated carbocycles. The van der Waals surface area contributed by atoms with Gasteiger partial charge in [0.2, 0.25) is 11.8 Å². The van der Waals surface area contributed by atoms with Gasteiger partial charge in [-0.15, -0.1) is 0 Å². The first-order chi connectivity index (χ1) is 14.1. The Hall–Kier alpha value is -1.88. The number of piperazine rings is 1. The predicted molar refractivity (Wildman–Crippen MR) is 117 cm³/mol. The number of carbonyl (C=O) groups is 2. The van der Waals surface area contributed by atoms with Gasteiger partial charge in [-0.3, -0.25) is 14.5 Å². The maximum atomic E-state index is 13.2. The molecule has 2 fully saturated rings. The third kappa shape index (κ3) is 5.81. The van der Waals surface area contributed by atoms with Crippen LogP contribution in [0.3, 0.4) is 0 Å². The molecule has 2 aliphatic rings. The van der Waals surface area contributed by atoms with Gasteiger partial charge in [0.25, 0.3) is 0 Å². The molecular weight excluding hydrogens is 362 g/mol. The molecule has 1 aromatic carbocycles. The van der Waals surface area contributed by atoms with E-state index in [9.17, 15) is 9.59 Å². The molecule has 0 radical (unpaired) electrons. The number of hydrogen-bond acceptors (Lipinski definition) is 3. The van der Waals surface area contributed by atoms with Crippen molar-refractivity contribution in [2.75, 3.05) is 39.8 Å². The monoisotopic (exact) mass is 399 g/mol. The molecule has 29 heavy (non-hydrogen) atoms. The van der Waals surface area contributed by atoms with Crippen LogP contribution in [0.2, 0.25) is 0 Å². The lowest BCUT2D eigenvalue weighted by molar-refractivity contribution is -0.140. The Morgan fingerprint density at radius 2 is 1.72 bits per heavy atom. The van der Waals surface area contributed by atoms with Crippen LogP contribution in [0.25, 0.3) is 0 Å². The zero-order valence-corrected chi connectivity index (χ0v) is 18.2. The van der Waals surface area contributed by atoms with Gasteiger partial charge in [-0.25, -0.2) is 0 Å². The zero-order chi connectivity index (χ0) is 20.6. The topological polar surface area (TPSA) is 43.9 Å². The maximum absolute atomic E-state index is 13.2. The van der Waals surface area contributed by atoms with Crippen LogP contribution in [-0.4, -0.2) is 72.3 Å². The fourth-order valence-corrected chi connectivity index (χ4v) is 4.90. The van der Waals surface area contributed by atoms with Crippen molar-refractivity contribution in [3.05, 3.63) is 35.9 Å². The van der Waals surface area contributed by atoms with Gasteiger partial charge >= 0.3 is 0 Å². The van der Waals surface area contributed by atoms with Crippen LogP contribution in [0.4, 0.5) is 0 Å². The Morgan fingerprint density at radius 1 is 1.07 bits per heavy atom. The van der Waals surface area contributed by atoms with E-state index >= 15 is 0 Å². The Kier molecular flexibility index (Phi) is 8.10. The van der Waals surface area contributed by atoms with Crippen LogP contribution in [0, 0.1) is 5.92 Å². The van der Waals surface area contributed by atoms with Crippen LogP contribution in [-0.2, 0) is 16.0 Å². The lowest BCUT2D eigenvalue weighted by Gasteiger charge is -2.42. The molecule has 0 aromatic heterocycles.